The van der Waals surface area contributed by atoms with E-state index >= 15 is 0 Å². The molecule has 0 saturated carbocycles. The van der Waals surface area contributed by atoms with Gasteiger partial charge in [-0.05, 0) is 24.4 Å². The van der Waals surface area contributed by atoms with Crippen molar-refractivity contribution in [2.24, 2.45) is 0 Å². The first-order chi connectivity index (χ1) is 9.54. The Morgan fingerprint density at radius 2 is 2.00 bits per heavy atom. The van der Waals surface area contributed by atoms with Gasteiger partial charge in [-0.25, -0.2) is 8.42 Å². The lowest BCUT2D eigenvalue weighted by Gasteiger charge is -2.16. The van der Waals surface area contributed by atoms with Crippen molar-refractivity contribution in [2.75, 3.05) is 44.7 Å². The fourth-order valence-corrected chi connectivity index (χ4v) is 3.17. The monoisotopic (exact) mass is 296 g/mol. The van der Waals surface area contributed by atoms with Gasteiger partial charge in [0.05, 0.1) is 5.75 Å². The van der Waals surface area contributed by atoms with Crippen molar-refractivity contribution in [3.05, 3.63) is 35.9 Å². The molecule has 0 aliphatic carbocycles. The van der Waals surface area contributed by atoms with Crippen molar-refractivity contribution in [2.45, 2.75) is 12.3 Å². The van der Waals surface area contributed by atoms with E-state index < -0.39 is 9.84 Å². The fraction of sp³-hybridized carbons (Fsp3) is 0.600. The Hall–Kier alpha value is -0.910. The first-order valence-corrected chi connectivity index (χ1v) is 9.26. The fourth-order valence-electron chi connectivity index (χ4n) is 2.65. The minimum atomic E-state index is -2.84. The zero-order valence-corrected chi connectivity index (χ0v) is 12.9. The van der Waals surface area contributed by atoms with Crippen molar-refractivity contribution < 1.29 is 8.42 Å². The summed E-state index contributed by atoms with van der Waals surface area (Å²) in [5.74, 6) is 0.867. The number of sulfone groups is 1. The molecular weight excluding hydrogens is 272 g/mol. The van der Waals surface area contributed by atoms with Crippen LogP contribution in [-0.2, 0) is 9.84 Å². The minimum absolute atomic E-state index is 0.222. The van der Waals surface area contributed by atoms with Gasteiger partial charge in [-0.2, -0.15) is 0 Å². The summed E-state index contributed by atoms with van der Waals surface area (Å²) in [4.78, 5) is 2.45. The quantitative estimate of drug-likeness (QED) is 0.766. The van der Waals surface area contributed by atoms with E-state index in [1.165, 1.54) is 18.2 Å². The summed E-state index contributed by atoms with van der Waals surface area (Å²) in [7, 11) is -2.84. The topological polar surface area (TPSA) is 49.4 Å². The number of nitrogens with zero attached hydrogens (tertiary/aromatic N) is 1. The predicted octanol–water partition coefficient (Wildman–Crippen LogP) is 1.11. The first kappa shape index (κ1) is 15.5. The van der Waals surface area contributed by atoms with Gasteiger partial charge in [-0.15, -0.1) is 0 Å². The molecule has 1 N–H and O–H groups in total. The molecule has 1 fully saturated rings. The normalized spacial score (nSPS) is 20.4. The lowest BCUT2D eigenvalue weighted by molar-refractivity contribution is 0.333. The van der Waals surface area contributed by atoms with Gasteiger partial charge in [0.25, 0.3) is 0 Å². The zero-order valence-electron chi connectivity index (χ0n) is 12.1. The van der Waals surface area contributed by atoms with Gasteiger partial charge < -0.3 is 10.2 Å². The van der Waals surface area contributed by atoms with Crippen LogP contribution in [0.2, 0.25) is 0 Å². The molecule has 0 spiro atoms. The summed E-state index contributed by atoms with van der Waals surface area (Å²) < 4.78 is 22.0. The highest BCUT2D eigenvalue weighted by atomic mass is 32.2. The summed E-state index contributed by atoms with van der Waals surface area (Å²) >= 11 is 0. The molecule has 20 heavy (non-hydrogen) atoms. The number of rotatable bonds is 7. The van der Waals surface area contributed by atoms with Gasteiger partial charge in [0.15, 0.2) is 0 Å². The average molecular weight is 296 g/mol. The average Bonchev–Trinajstić information content (AvgIpc) is 2.87. The Morgan fingerprint density at radius 3 is 2.70 bits per heavy atom. The Labute approximate surface area is 122 Å². The lowest BCUT2D eigenvalue weighted by Crippen LogP contribution is -2.32. The van der Waals surface area contributed by atoms with Crippen molar-refractivity contribution >= 4 is 9.84 Å². The van der Waals surface area contributed by atoms with E-state index in [4.69, 9.17) is 0 Å². The lowest BCUT2D eigenvalue weighted by atomic mass is 9.99. The molecule has 1 aliphatic rings. The maximum atomic E-state index is 11.0. The highest BCUT2D eigenvalue weighted by Crippen LogP contribution is 2.26. The van der Waals surface area contributed by atoms with Gasteiger partial charge in [-0.1, -0.05) is 30.3 Å². The van der Waals surface area contributed by atoms with Crippen LogP contribution in [-0.4, -0.2) is 58.1 Å². The Balaban J connectivity index is 1.64. The van der Waals surface area contributed by atoms with Crippen LogP contribution in [0, 0.1) is 0 Å². The number of hydrogen-bond donors (Lipinski definition) is 1. The van der Waals surface area contributed by atoms with Crippen LogP contribution in [0.1, 0.15) is 17.9 Å². The summed E-state index contributed by atoms with van der Waals surface area (Å²) in [6.45, 7) is 4.64. The number of nitrogens with one attached hydrogen (secondary N) is 1. The maximum Gasteiger partial charge on any atom is 0.148 e. The third-order valence-corrected chi connectivity index (χ3v) is 4.74. The Morgan fingerprint density at radius 1 is 1.25 bits per heavy atom. The molecule has 2 rings (SSSR count). The van der Waals surface area contributed by atoms with Gasteiger partial charge in [0.1, 0.15) is 9.84 Å². The number of hydrogen-bond acceptors (Lipinski definition) is 4. The van der Waals surface area contributed by atoms with Crippen LogP contribution in [0.3, 0.4) is 0 Å². The molecule has 0 bridgehead atoms. The van der Waals surface area contributed by atoms with E-state index in [1.807, 2.05) is 0 Å². The van der Waals surface area contributed by atoms with Gasteiger partial charge in [-0.3, -0.25) is 0 Å². The molecule has 0 radical (unpaired) electrons. The summed E-state index contributed by atoms with van der Waals surface area (Å²) in [5.41, 5.74) is 1.43. The van der Waals surface area contributed by atoms with E-state index in [2.05, 4.69) is 40.5 Å². The molecule has 1 aliphatic heterocycles. The zero-order chi connectivity index (χ0) is 14.4. The first-order valence-electron chi connectivity index (χ1n) is 7.20. The van der Waals surface area contributed by atoms with Crippen molar-refractivity contribution in [1.82, 2.24) is 10.2 Å². The largest absolute Gasteiger partial charge is 0.314 e. The maximum absolute atomic E-state index is 11.0. The van der Waals surface area contributed by atoms with Crippen LogP contribution in [0.4, 0.5) is 0 Å². The molecule has 1 aromatic carbocycles. The molecule has 1 atom stereocenters. The van der Waals surface area contributed by atoms with Crippen LogP contribution in [0.15, 0.2) is 30.3 Å². The molecule has 0 aromatic heterocycles. The predicted molar refractivity (Wildman–Crippen MR) is 82.8 cm³/mol. The second-order valence-corrected chi connectivity index (χ2v) is 7.84. The molecule has 1 aromatic rings. The highest BCUT2D eigenvalue weighted by Gasteiger charge is 2.22. The Bertz CT molecular complexity index is 502. The molecule has 4 nitrogen and oxygen atoms in total. The second-order valence-electron chi connectivity index (χ2n) is 5.58. The molecule has 5 heteroatoms. The molecule has 112 valence electrons. The summed E-state index contributed by atoms with van der Waals surface area (Å²) in [6, 6.07) is 10.7. The van der Waals surface area contributed by atoms with Crippen molar-refractivity contribution in [3.8, 4) is 0 Å². The highest BCUT2D eigenvalue weighted by molar-refractivity contribution is 7.90. The van der Waals surface area contributed by atoms with E-state index in [0.29, 0.717) is 12.5 Å². The number of benzene rings is 1. The Kier molecular flexibility index (Phi) is 5.57. The third kappa shape index (κ3) is 5.23. The van der Waals surface area contributed by atoms with Crippen LogP contribution < -0.4 is 5.32 Å². The van der Waals surface area contributed by atoms with Crippen molar-refractivity contribution in [1.29, 1.82) is 0 Å². The van der Waals surface area contributed by atoms with Crippen LogP contribution in [0.25, 0.3) is 0 Å². The third-order valence-electron chi connectivity index (χ3n) is 3.80. The molecular formula is C15H24N2O2S. The molecule has 1 heterocycles. The van der Waals surface area contributed by atoms with Crippen LogP contribution in [0.5, 0.6) is 0 Å². The van der Waals surface area contributed by atoms with Crippen LogP contribution >= 0.6 is 0 Å². The standard InChI is InChI=1S/C15H24N2O2S/c1-20(18,19)12-9-16-8-11-17-10-7-15(13-17)14-5-3-2-4-6-14/h2-6,15-16H,7-13H2,1H3. The van der Waals surface area contributed by atoms with Crippen molar-refractivity contribution in [3.63, 3.8) is 0 Å². The van der Waals surface area contributed by atoms with E-state index in [1.54, 1.807) is 0 Å². The molecule has 0 amide bonds. The van der Waals surface area contributed by atoms with Gasteiger partial charge >= 0.3 is 0 Å². The van der Waals surface area contributed by atoms with E-state index in [0.717, 1.165) is 26.2 Å². The summed E-state index contributed by atoms with van der Waals surface area (Å²) in [6.07, 6.45) is 2.49. The second kappa shape index (κ2) is 7.20. The smallest absolute Gasteiger partial charge is 0.148 e. The van der Waals surface area contributed by atoms with Gasteiger partial charge in [0.2, 0.25) is 0 Å². The van der Waals surface area contributed by atoms with E-state index in [9.17, 15) is 8.42 Å². The van der Waals surface area contributed by atoms with E-state index in [-0.39, 0.29) is 5.75 Å². The van der Waals surface area contributed by atoms with Gasteiger partial charge in [0, 0.05) is 32.4 Å². The molecule has 1 saturated heterocycles. The molecule has 1 unspecified atom stereocenters. The SMILES string of the molecule is CS(=O)(=O)CCNCCN1CCC(c2ccccc2)C1. The minimum Gasteiger partial charge on any atom is -0.314 e. The number of likely N-dealkylation sites (tertiary alicyclic amines) is 1. The summed E-state index contributed by atoms with van der Waals surface area (Å²) in [5, 5.41) is 3.20.